The molecular weight excluding hydrogens is 124 g/mol. The average Bonchev–Trinajstić information content (AvgIpc) is 1.88. The van der Waals surface area contributed by atoms with Crippen molar-refractivity contribution in [3.63, 3.8) is 0 Å². The van der Waals surface area contributed by atoms with Gasteiger partial charge < -0.3 is 0 Å². The van der Waals surface area contributed by atoms with Crippen LogP contribution in [0.4, 0.5) is 0 Å². The van der Waals surface area contributed by atoms with Crippen LogP contribution < -0.4 is 0 Å². The van der Waals surface area contributed by atoms with Crippen molar-refractivity contribution < 1.29 is 0 Å². The Morgan fingerprint density at radius 3 is 2.60 bits per heavy atom. The maximum Gasteiger partial charge on any atom is 0.131 e. The largest absolute Gasteiger partial charge is 0.240 e. The summed E-state index contributed by atoms with van der Waals surface area (Å²) >= 11 is 0. The molecule has 0 saturated heterocycles. The van der Waals surface area contributed by atoms with E-state index in [4.69, 9.17) is 0 Å². The van der Waals surface area contributed by atoms with E-state index in [1.54, 1.807) is 6.20 Å². The molecule has 1 aromatic heterocycles. The second-order valence-electron chi connectivity index (χ2n) is 2.61. The second-order valence-corrected chi connectivity index (χ2v) is 2.61. The van der Waals surface area contributed by atoms with Gasteiger partial charge in [-0.25, -0.2) is 9.97 Å². The van der Waals surface area contributed by atoms with Crippen LogP contribution in [-0.4, -0.2) is 9.97 Å². The molecule has 0 fully saturated rings. The minimum absolute atomic E-state index is 0.410. The van der Waals surface area contributed by atoms with Gasteiger partial charge in [0.1, 0.15) is 5.82 Å². The van der Waals surface area contributed by atoms with E-state index >= 15 is 0 Å². The smallest absolute Gasteiger partial charge is 0.131 e. The van der Waals surface area contributed by atoms with Gasteiger partial charge in [-0.1, -0.05) is 13.8 Å². The summed E-state index contributed by atoms with van der Waals surface area (Å²) in [5.41, 5.74) is 0.915. The third kappa shape index (κ3) is 1.53. The molecule has 10 heavy (non-hydrogen) atoms. The molecule has 1 heterocycles. The van der Waals surface area contributed by atoms with E-state index in [2.05, 4.69) is 29.9 Å². The zero-order valence-corrected chi connectivity index (χ0v) is 6.55. The highest BCUT2D eigenvalue weighted by molar-refractivity contribution is 5.00. The average molecular weight is 135 g/mol. The minimum Gasteiger partial charge on any atom is -0.240 e. The lowest BCUT2D eigenvalue weighted by molar-refractivity contribution is 0.765. The molecule has 2 nitrogen and oxygen atoms in total. The first kappa shape index (κ1) is 7.19. The van der Waals surface area contributed by atoms with Gasteiger partial charge in [-0.3, -0.25) is 0 Å². The van der Waals surface area contributed by atoms with Gasteiger partial charge in [-0.05, 0) is 6.92 Å². The summed E-state index contributed by atoms with van der Waals surface area (Å²) in [6.07, 6.45) is 1.68. The van der Waals surface area contributed by atoms with Gasteiger partial charge in [0.25, 0.3) is 0 Å². The van der Waals surface area contributed by atoms with Crippen LogP contribution in [0.3, 0.4) is 0 Å². The van der Waals surface area contributed by atoms with Crippen molar-refractivity contribution in [1.29, 1.82) is 0 Å². The summed E-state index contributed by atoms with van der Waals surface area (Å²) in [6.45, 7) is 6.08. The van der Waals surface area contributed by atoms with E-state index < -0.39 is 0 Å². The molecule has 1 radical (unpaired) electrons. The highest BCUT2D eigenvalue weighted by Crippen LogP contribution is 2.06. The molecule has 2 heteroatoms. The summed E-state index contributed by atoms with van der Waals surface area (Å²) in [4.78, 5) is 8.28. The molecule has 0 atom stereocenters. The van der Waals surface area contributed by atoms with Crippen molar-refractivity contribution in [1.82, 2.24) is 9.97 Å². The van der Waals surface area contributed by atoms with Crippen LogP contribution in [-0.2, 0) is 0 Å². The topological polar surface area (TPSA) is 25.8 Å². The number of aryl methyl sites for hydroxylation is 1. The Labute approximate surface area is 61.3 Å². The number of hydrogen-bond acceptors (Lipinski definition) is 2. The molecule has 0 amide bonds. The van der Waals surface area contributed by atoms with Gasteiger partial charge >= 0.3 is 0 Å². The fourth-order valence-corrected chi connectivity index (χ4v) is 0.703. The normalized spacial score (nSPS) is 10.4. The summed E-state index contributed by atoms with van der Waals surface area (Å²) in [5, 5.41) is 0. The predicted octanol–water partition coefficient (Wildman–Crippen LogP) is 1.71. The van der Waals surface area contributed by atoms with E-state index in [-0.39, 0.29) is 0 Å². The highest BCUT2D eigenvalue weighted by Gasteiger charge is 2.00. The van der Waals surface area contributed by atoms with Crippen LogP contribution in [0.1, 0.15) is 31.3 Å². The Morgan fingerprint density at radius 2 is 2.20 bits per heavy atom. The minimum atomic E-state index is 0.410. The number of nitrogens with zero attached hydrogens (tertiary/aromatic N) is 2. The molecule has 1 aromatic rings. The summed E-state index contributed by atoms with van der Waals surface area (Å²) in [7, 11) is 0. The van der Waals surface area contributed by atoms with Crippen molar-refractivity contribution in [2.75, 3.05) is 0 Å². The molecule has 0 aliphatic rings. The second kappa shape index (κ2) is 2.78. The molecule has 0 unspecified atom stereocenters. The van der Waals surface area contributed by atoms with Crippen LogP contribution >= 0.6 is 0 Å². The third-order valence-corrected chi connectivity index (χ3v) is 1.27. The first-order valence-electron chi connectivity index (χ1n) is 3.41. The molecule has 0 saturated carbocycles. The van der Waals surface area contributed by atoms with Crippen LogP contribution in [0.25, 0.3) is 0 Å². The van der Waals surface area contributed by atoms with Crippen LogP contribution in [0, 0.1) is 13.0 Å². The maximum atomic E-state index is 4.21. The molecule has 0 bridgehead atoms. The van der Waals surface area contributed by atoms with E-state index in [1.807, 2.05) is 6.92 Å². The van der Waals surface area contributed by atoms with Crippen molar-refractivity contribution >= 4 is 0 Å². The van der Waals surface area contributed by atoms with E-state index in [9.17, 15) is 0 Å². The number of aromatic nitrogens is 2. The third-order valence-electron chi connectivity index (χ3n) is 1.27. The Morgan fingerprint density at radius 1 is 1.50 bits per heavy atom. The Kier molecular flexibility index (Phi) is 2.00. The zero-order chi connectivity index (χ0) is 7.56. The molecule has 1 rings (SSSR count). The molecule has 0 aliphatic carbocycles. The van der Waals surface area contributed by atoms with Gasteiger partial charge in [0.05, 0.1) is 0 Å². The van der Waals surface area contributed by atoms with Gasteiger partial charge in [0, 0.05) is 23.9 Å². The molecule has 53 valence electrons. The quantitative estimate of drug-likeness (QED) is 0.585. The van der Waals surface area contributed by atoms with E-state index in [0.717, 1.165) is 11.5 Å². The molecule has 0 spiro atoms. The van der Waals surface area contributed by atoms with Crippen LogP contribution in [0.15, 0.2) is 6.20 Å². The molecule has 0 N–H and O–H groups in total. The monoisotopic (exact) mass is 135 g/mol. The Hall–Kier alpha value is -0.920. The first-order chi connectivity index (χ1) is 4.70. The first-order valence-corrected chi connectivity index (χ1v) is 3.41. The summed E-state index contributed by atoms with van der Waals surface area (Å²) < 4.78 is 0. The van der Waals surface area contributed by atoms with Gasteiger partial charge in [-0.2, -0.15) is 0 Å². The standard InChI is InChI=1S/C8H11N2/c1-6(2)8-9-5-4-7(3)10-8/h5-6H,1-3H3. The Bertz CT molecular complexity index is 218. The van der Waals surface area contributed by atoms with Gasteiger partial charge in [0.15, 0.2) is 0 Å². The lowest BCUT2D eigenvalue weighted by Crippen LogP contribution is -1.97. The highest BCUT2D eigenvalue weighted by atomic mass is 14.9. The van der Waals surface area contributed by atoms with E-state index in [1.165, 1.54) is 0 Å². The Balaban J connectivity index is 2.96. The SMILES string of the molecule is Cc1[c]cnc(C(C)C)n1. The van der Waals surface area contributed by atoms with Crippen molar-refractivity contribution in [3.05, 3.63) is 23.8 Å². The molecular formula is C8H11N2. The predicted molar refractivity (Wildman–Crippen MR) is 39.7 cm³/mol. The van der Waals surface area contributed by atoms with E-state index in [0.29, 0.717) is 5.92 Å². The van der Waals surface area contributed by atoms with Crippen molar-refractivity contribution in [2.45, 2.75) is 26.7 Å². The molecule has 0 aliphatic heterocycles. The number of hydrogen-bond donors (Lipinski definition) is 0. The lowest BCUT2D eigenvalue weighted by Gasteiger charge is -2.01. The summed E-state index contributed by atoms with van der Waals surface area (Å²) in [6, 6.07) is 2.90. The fraction of sp³-hybridized carbons (Fsp3) is 0.500. The maximum absolute atomic E-state index is 4.21. The lowest BCUT2D eigenvalue weighted by atomic mass is 10.2. The summed E-state index contributed by atoms with van der Waals surface area (Å²) in [5.74, 6) is 1.31. The fourth-order valence-electron chi connectivity index (χ4n) is 0.703. The van der Waals surface area contributed by atoms with Crippen LogP contribution in [0.2, 0.25) is 0 Å². The number of rotatable bonds is 1. The zero-order valence-electron chi connectivity index (χ0n) is 6.55. The van der Waals surface area contributed by atoms with Gasteiger partial charge in [-0.15, -0.1) is 0 Å². The van der Waals surface area contributed by atoms with Gasteiger partial charge in [0.2, 0.25) is 0 Å². The van der Waals surface area contributed by atoms with Crippen LogP contribution in [0.5, 0.6) is 0 Å². The van der Waals surface area contributed by atoms with Crippen molar-refractivity contribution in [2.24, 2.45) is 0 Å². The van der Waals surface area contributed by atoms with Crippen molar-refractivity contribution in [3.8, 4) is 0 Å². The molecule has 0 aromatic carbocycles.